The Morgan fingerprint density at radius 1 is 0.706 bits per heavy atom. The third-order valence-corrected chi connectivity index (χ3v) is 2.79. The molecule has 17 heavy (non-hydrogen) atoms. The van der Waals surface area contributed by atoms with Crippen molar-refractivity contribution in [1.29, 1.82) is 0 Å². The molecule has 0 bridgehead atoms. The van der Waals surface area contributed by atoms with Gasteiger partial charge in [-0.25, -0.2) is 0 Å². The summed E-state index contributed by atoms with van der Waals surface area (Å²) in [7, 11) is 0. The van der Waals surface area contributed by atoms with E-state index in [1.165, 1.54) is 16.7 Å². The molecule has 2 aromatic rings. The Bertz CT molecular complexity index is 578. The Kier molecular flexibility index (Phi) is 3.30. The van der Waals surface area contributed by atoms with Gasteiger partial charge in [0.2, 0.25) is 0 Å². The fourth-order valence-corrected chi connectivity index (χ4v) is 1.65. The van der Waals surface area contributed by atoms with Crippen molar-refractivity contribution in [3.05, 3.63) is 70.3 Å². The molecule has 0 heteroatoms. The number of aryl methyl sites for hydroxylation is 3. The minimum absolute atomic E-state index is 1.07. The molecule has 84 valence electrons. The summed E-state index contributed by atoms with van der Waals surface area (Å²) in [4.78, 5) is 0. The van der Waals surface area contributed by atoms with Crippen LogP contribution in [0.3, 0.4) is 0 Å². The third-order valence-electron chi connectivity index (χ3n) is 2.79. The first-order valence-corrected chi connectivity index (χ1v) is 5.81. The molecule has 0 fully saturated rings. The minimum Gasteiger partial charge on any atom is -0.0616 e. The Morgan fingerprint density at radius 2 is 1.35 bits per heavy atom. The van der Waals surface area contributed by atoms with Gasteiger partial charge in [0.1, 0.15) is 0 Å². The van der Waals surface area contributed by atoms with Crippen LogP contribution in [0.4, 0.5) is 0 Å². The van der Waals surface area contributed by atoms with Gasteiger partial charge in [0.05, 0.1) is 0 Å². The Balaban J connectivity index is 2.32. The smallest absolute Gasteiger partial charge is 0.0280 e. The fraction of sp³-hybridized carbons (Fsp3) is 0.176. The first kappa shape index (κ1) is 11.5. The Morgan fingerprint density at radius 3 is 2.06 bits per heavy atom. The van der Waals surface area contributed by atoms with E-state index in [9.17, 15) is 0 Å². The van der Waals surface area contributed by atoms with E-state index in [4.69, 9.17) is 0 Å². The van der Waals surface area contributed by atoms with E-state index in [1.54, 1.807) is 0 Å². The third kappa shape index (κ3) is 2.98. The summed E-state index contributed by atoms with van der Waals surface area (Å²) in [6.45, 7) is 6.27. The van der Waals surface area contributed by atoms with Crippen LogP contribution in [-0.4, -0.2) is 0 Å². The second kappa shape index (κ2) is 4.89. The summed E-state index contributed by atoms with van der Waals surface area (Å²) in [5, 5.41) is 0. The van der Waals surface area contributed by atoms with Crippen molar-refractivity contribution in [2.45, 2.75) is 20.8 Å². The number of benzene rings is 2. The second-order valence-corrected chi connectivity index (χ2v) is 4.43. The lowest BCUT2D eigenvalue weighted by Gasteiger charge is -1.99. The predicted molar refractivity (Wildman–Crippen MR) is 73.1 cm³/mol. The molecule has 2 aromatic carbocycles. The van der Waals surface area contributed by atoms with E-state index in [2.05, 4.69) is 75.1 Å². The molecule has 0 atom stereocenters. The van der Waals surface area contributed by atoms with Crippen LogP contribution in [0.1, 0.15) is 27.8 Å². The molecule has 0 spiro atoms. The van der Waals surface area contributed by atoms with Crippen molar-refractivity contribution in [1.82, 2.24) is 0 Å². The molecule has 0 nitrogen and oxygen atoms in total. The Labute approximate surface area is 103 Å². The van der Waals surface area contributed by atoms with Gasteiger partial charge in [-0.3, -0.25) is 0 Å². The lowest BCUT2D eigenvalue weighted by molar-refractivity contribution is 1.37. The van der Waals surface area contributed by atoms with Crippen LogP contribution >= 0.6 is 0 Å². The van der Waals surface area contributed by atoms with Crippen LogP contribution in [0.2, 0.25) is 0 Å². The standard InChI is InChI=1S/C17H16/c1-13-5-8-16(9-6-13)10-11-17-12-14(2)4-7-15(17)3/h4-9,12H,1-3H3. The monoisotopic (exact) mass is 220 g/mol. The van der Waals surface area contributed by atoms with E-state index in [0.29, 0.717) is 0 Å². The van der Waals surface area contributed by atoms with Crippen molar-refractivity contribution in [3.8, 4) is 11.8 Å². The topological polar surface area (TPSA) is 0 Å². The molecule has 0 heterocycles. The first-order valence-electron chi connectivity index (χ1n) is 5.81. The van der Waals surface area contributed by atoms with Crippen LogP contribution in [0.15, 0.2) is 42.5 Å². The van der Waals surface area contributed by atoms with Gasteiger partial charge in [-0.05, 0) is 50.1 Å². The highest BCUT2D eigenvalue weighted by molar-refractivity contribution is 5.47. The molecule has 2 rings (SSSR count). The van der Waals surface area contributed by atoms with Crippen molar-refractivity contribution < 1.29 is 0 Å². The highest BCUT2D eigenvalue weighted by Crippen LogP contribution is 2.09. The van der Waals surface area contributed by atoms with Crippen molar-refractivity contribution in [2.24, 2.45) is 0 Å². The molecule has 0 N–H and O–H groups in total. The van der Waals surface area contributed by atoms with Gasteiger partial charge in [-0.2, -0.15) is 0 Å². The molecule has 0 aliphatic carbocycles. The van der Waals surface area contributed by atoms with Gasteiger partial charge in [0.15, 0.2) is 0 Å². The number of hydrogen-bond donors (Lipinski definition) is 0. The fourth-order valence-electron chi connectivity index (χ4n) is 1.65. The minimum atomic E-state index is 1.07. The van der Waals surface area contributed by atoms with Gasteiger partial charge >= 0.3 is 0 Å². The van der Waals surface area contributed by atoms with Gasteiger partial charge in [0.25, 0.3) is 0 Å². The molecule has 0 aliphatic rings. The van der Waals surface area contributed by atoms with Crippen LogP contribution in [0, 0.1) is 32.6 Å². The summed E-state index contributed by atoms with van der Waals surface area (Å²) in [5.74, 6) is 6.45. The molecule has 0 saturated carbocycles. The van der Waals surface area contributed by atoms with Crippen LogP contribution < -0.4 is 0 Å². The van der Waals surface area contributed by atoms with Crippen LogP contribution in [-0.2, 0) is 0 Å². The predicted octanol–water partition coefficient (Wildman–Crippen LogP) is 4.01. The molecule has 0 radical (unpaired) electrons. The average Bonchev–Trinajstić information content (AvgIpc) is 2.32. The molecular weight excluding hydrogens is 204 g/mol. The maximum Gasteiger partial charge on any atom is 0.0280 e. The summed E-state index contributed by atoms with van der Waals surface area (Å²) in [6.07, 6.45) is 0. The molecule has 0 saturated heterocycles. The largest absolute Gasteiger partial charge is 0.0616 e. The quantitative estimate of drug-likeness (QED) is 0.588. The average molecular weight is 220 g/mol. The molecule has 0 aromatic heterocycles. The van der Waals surface area contributed by atoms with Crippen molar-refractivity contribution in [2.75, 3.05) is 0 Å². The van der Waals surface area contributed by atoms with E-state index in [0.717, 1.165) is 11.1 Å². The van der Waals surface area contributed by atoms with Gasteiger partial charge < -0.3 is 0 Å². The molecule has 0 unspecified atom stereocenters. The summed E-state index contributed by atoms with van der Waals surface area (Å²) < 4.78 is 0. The van der Waals surface area contributed by atoms with Crippen molar-refractivity contribution >= 4 is 0 Å². The lowest BCUT2D eigenvalue weighted by atomic mass is 10.1. The zero-order chi connectivity index (χ0) is 12.3. The number of rotatable bonds is 0. The Hall–Kier alpha value is -2.00. The maximum atomic E-state index is 3.24. The molecule has 0 aliphatic heterocycles. The molecule has 0 amide bonds. The zero-order valence-electron chi connectivity index (χ0n) is 10.5. The highest BCUT2D eigenvalue weighted by Gasteiger charge is 1.94. The SMILES string of the molecule is Cc1ccc(C#Cc2cc(C)ccc2C)cc1. The van der Waals surface area contributed by atoms with Crippen LogP contribution in [0.25, 0.3) is 0 Å². The maximum absolute atomic E-state index is 3.24. The van der Waals surface area contributed by atoms with E-state index in [1.807, 2.05) is 0 Å². The summed E-state index contributed by atoms with van der Waals surface area (Å²) in [5.41, 5.74) is 5.93. The lowest BCUT2D eigenvalue weighted by Crippen LogP contribution is -1.84. The number of hydrogen-bond acceptors (Lipinski definition) is 0. The van der Waals surface area contributed by atoms with Crippen LogP contribution in [0.5, 0.6) is 0 Å². The summed E-state index contributed by atoms with van der Waals surface area (Å²) in [6, 6.07) is 14.7. The summed E-state index contributed by atoms with van der Waals surface area (Å²) >= 11 is 0. The van der Waals surface area contributed by atoms with Crippen molar-refractivity contribution in [3.63, 3.8) is 0 Å². The van der Waals surface area contributed by atoms with E-state index >= 15 is 0 Å². The van der Waals surface area contributed by atoms with E-state index in [-0.39, 0.29) is 0 Å². The zero-order valence-corrected chi connectivity index (χ0v) is 10.5. The highest BCUT2D eigenvalue weighted by atomic mass is 14.0. The second-order valence-electron chi connectivity index (χ2n) is 4.43. The van der Waals surface area contributed by atoms with E-state index < -0.39 is 0 Å². The van der Waals surface area contributed by atoms with Gasteiger partial charge in [-0.1, -0.05) is 41.7 Å². The van der Waals surface area contributed by atoms with Gasteiger partial charge in [0, 0.05) is 11.1 Å². The normalized spacial score (nSPS) is 9.59. The van der Waals surface area contributed by atoms with Gasteiger partial charge in [-0.15, -0.1) is 0 Å². The first-order chi connectivity index (χ1) is 8.15. The molecular formula is C17H16.